The highest BCUT2D eigenvalue weighted by atomic mass is 19.1. The molecule has 5 nitrogen and oxygen atoms in total. The molecule has 0 aliphatic heterocycles. The molecular formula is C13H18FN3O2. The highest BCUT2D eigenvalue weighted by molar-refractivity contribution is 5.65. The van der Waals surface area contributed by atoms with Gasteiger partial charge in [-0.1, -0.05) is 12.8 Å². The summed E-state index contributed by atoms with van der Waals surface area (Å²) >= 11 is 0. The van der Waals surface area contributed by atoms with E-state index >= 15 is 0 Å². The predicted octanol–water partition coefficient (Wildman–Crippen LogP) is 2.55. The summed E-state index contributed by atoms with van der Waals surface area (Å²) in [5, 5.41) is 12.1. The van der Waals surface area contributed by atoms with Gasteiger partial charge in [-0.3, -0.25) is 0 Å². The Morgan fingerprint density at radius 1 is 1.53 bits per heavy atom. The van der Waals surface area contributed by atoms with Crippen LogP contribution < -0.4 is 5.32 Å². The molecule has 1 aromatic rings. The molecule has 1 fully saturated rings. The van der Waals surface area contributed by atoms with Crippen molar-refractivity contribution in [3.05, 3.63) is 24.1 Å². The zero-order valence-electron chi connectivity index (χ0n) is 10.8. The third-order valence-electron chi connectivity index (χ3n) is 3.61. The van der Waals surface area contributed by atoms with Crippen LogP contribution in [-0.2, 0) is 0 Å². The van der Waals surface area contributed by atoms with Crippen LogP contribution in [0.1, 0.15) is 25.7 Å². The van der Waals surface area contributed by atoms with Gasteiger partial charge in [-0.15, -0.1) is 0 Å². The molecule has 1 aliphatic carbocycles. The smallest absolute Gasteiger partial charge is 0.407 e. The van der Waals surface area contributed by atoms with E-state index in [0.717, 1.165) is 25.7 Å². The van der Waals surface area contributed by atoms with Crippen LogP contribution in [0.2, 0.25) is 0 Å². The Hall–Kier alpha value is -1.85. The van der Waals surface area contributed by atoms with Crippen LogP contribution in [0.3, 0.4) is 0 Å². The lowest BCUT2D eigenvalue weighted by Crippen LogP contribution is -2.49. The Balaban J connectivity index is 2.12. The summed E-state index contributed by atoms with van der Waals surface area (Å²) in [5.74, 6) is -0.219. The van der Waals surface area contributed by atoms with Crippen LogP contribution in [0, 0.1) is 5.82 Å². The van der Waals surface area contributed by atoms with Crippen molar-refractivity contribution in [1.29, 1.82) is 0 Å². The third-order valence-corrected chi connectivity index (χ3v) is 3.61. The second-order valence-corrected chi connectivity index (χ2v) is 4.83. The normalized spacial score (nSPS) is 22.8. The van der Waals surface area contributed by atoms with Gasteiger partial charge in [0.15, 0.2) is 11.6 Å². The molecule has 1 aliphatic rings. The highest BCUT2D eigenvalue weighted by Crippen LogP contribution is 2.25. The highest BCUT2D eigenvalue weighted by Gasteiger charge is 2.31. The fraction of sp³-hybridized carbons (Fsp3) is 0.538. The van der Waals surface area contributed by atoms with Gasteiger partial charge in [-0.05, 0) is 25.0 Å². The minimum atomic E-state index is -0.958. The van der Waals surface area contributed by atoms with Gasteiger partial charge in [0.25, 0.3) is 0 Å². The molecule has 1 heterocycles. The minimum Gasteiger partial charge on any atom is -0.465 e. The van der Waals surface area contributed by atoms with Crippen LogP contribution >= 0.6 is 0 Å². The molecule has 2 atom stereocenters. The van der Waals surface area contributed by atoms with Gasteiger partial charge in [0.1, 0.15) is 0 Å². The summed E-state index contributed by atoms with van der Waals surface area (Å²) in [6.07, 6.45) is 4.17. The van der Waals surface area contributed by atoms with E-state index in [2.05, 4.69) is 10.3 Å². The van der Waals surface area contributed by atoms with Gasteiger partial charge in [-0.2, -0.15) is 0 Å². The molecule has 19 heavy (non-hydrogen) atoms. The summed E-state index contributed by atoms with van der Waals surface area (Å²) < 4.78 is 13.6. The van der Waals surface area contributed by atoms with Crippen molar-refractivity contribution in [2.24, 2.45) is 0 Å². The van der Waals surface area contributed by atoms with E-state index in [1.165, 1.54) is 23.2 Å². The third kappa shape index (κ3) is 3.13. The average molecular weight is 267 g/mol. The Kier molecular flexibility index (Phi) is 4.19. The van der Waals surface area contributed by atoms with E-state index in [-0.39, 0.29) is 17.9 Å². The van der Waals surface area contributed by atoms with Gasteiger partial charge >= 0.3 is 6.09 Å². The molecule has 0 bridgehead atoms. The Labute approximate surface area is 111 Å². The molecule has 1 saturated carbocycles. The fourth-order valence-corrected chi connectivity index (χ4v) is 2.55. The number of nitrogens with one attached hydrogen (secondary N) is 1. The first-order valence-corrected chi connectivity index (χ1v) is 6.42. The molecule has 0 aromatic carbocycles. The summed E-state index contributed by atoms with van der Waals surface area (Å²) in [7, 11) is 1.56. The van der Waals surface area contributed by atoms with Crippen LogP contribution in [0.4, 0.5) is 15.0 Å². The molecule has 0 saturated heterocycles. The molecular weight excluding hydrogens is 249 g/mol. The number of anilines is 1. The predicted molar refractivity (Wildman–Crippen MR) is 69.6 cm³/mol. The topological polar surface area (TPSA) is 65.5 Å². The zero-order valence-corrected chi connectivity index (χ0v) is 10.8. The Bertz CT molecular complexity index is 455. The van der Waals surface area contributed by atoms with E-state index in [1.54, 1.807) is 7.05 Å². The van der Waals surface area contributed by atoms with Gasteiger partial charge in [0.05, 0.1) is 6.04 Å². The molecule has 2 rings (SSSR count). The number of carboxylic acid groups (broad SMARTS) is 1. The van der Waals surface area contributed by atoms with Gasteiger partial charge in [-0.25, -0.2) is 14.2 Å². The molecule has 6 heteroatoms. The number of rotatable bonds is 3. The Morgan fingerprint density at radius 2 is 2.26 bits per heavy atom. The minimum absolute atomic E-state index is 0.0979. The van der Waals surface area contributed by atoms with E-state index < -0.39 is 11.9 Å². The number of amides is 1. The van der Waals surface area contributed by atoms with Crippen LogP contribution in [0.5, 0.6) is 0 Å². The number of hydrogen-bond donors (Lipinski definition) is 2. The number of likely N-dealkylation sites (N-methyl/N-ethyl adjacent to an activating group) is 1. The first-order chi connectivity index (χ1) is 9.09. The van der Waals surface area contributed by atoms with Crippen molar-refractivity contribution < 1.29 is 14.3 Å². The second kappa shape index (κ2) is 5.86. The lowest BCUT2D eigenvalue weighted by Gasteiger charge is -2.37. The van der Waals surface area contributed by atoms with Gasteiger partial charge in [0.2, 0.25) is 0 Å². The van der Waals surface area contributed by atoms with Crippen molar-refractivity contribution in [1.82, 2.24) is 9.88 Å². The summed E-state index contributed by atoms with van der Waals surface area (Å²) in [5.41, 5.74) is 0. The molecule has 2 N–H and O–H groups in total. The van der Waals surface area contributed by atoms with Crippen LogP contribution in [0.25, 0.3) is 0 Å². The molecule has 1 aromatic heterocycles. The summed E-state index contributed by atoms with van der Waals surface area (Å²) in [6, 6.07) is 2.63. The van der Waals surface area contributed by atoms with Crippen LogP contribution in [-0.4, -0.2) is 40.2 Å². The maximum absolute atomic E-state index is 13.6. The monoisotopic (exact) mass is 267 g/mol. The molecule has 0 spiro atoms. The fourth-order valence-electron chi connectivity index (χ4n) is 2.55. The number of hydrogen-bond acceptors (Lipinski definition) is 3. The number of carbonyl (C=O) groups is 1. The SMILES string of the molecule is CN(C(=O)O)[C@@H]1CCCC[C@H]1Nc1ncccc1F. The van der Waals surface area contributed by atoms with Crippen molar-refractivity contribution >= 4 is 11.9 Å². The molecule has 0 unspecified atom stereocenters. The number of nitrogens with zero attached hydrogens (tertiary/aromatic N) is 2. The van der Waals surface area contributed by atoms with Crippen molar-refractivity contribution in [3.63, 3.8) is 0 Å². The van der Waals surface area contributed by atoms with Crippen LogP contribution in [0.15, 0.2) is 18.3 Å². The Morgan fingerprint density at radius 3 is 2.95 bits per heavy atom. The first kappa shape index (κ1) is 13.6. The van der Waals surface area contributed by atoms with Gasteiger partial charge in [0, 0.05) is 19.3 Å². The number of pyridine rings is 1. The standard InChI is InChI=1S/C13H18FN3O2/c1-17(13(18)19)11-7-3-2-6-10(11)16-12-9(14)5-4-8-15-12/h4-5,8,10-11H,2-3,6-7H2,1H3,(H,15,16)(H,18,19)/t10-,11-/m1/s1. The maximum atomic E-state index is 13.6. The molecule has 1 amide bonds. The zero-order chi connectivity index (χ0) is 13.8. The summed E-state index contributed by atoms with van der Waals surface area (Å²) in [4.78, 5) is 16.3. The van der Waals surface area contributed by atoms with Crippen molar-refractivity contribution in [2.45, 2.75) is 37.8 Å². The maximum Gasteiger partial charge on any atom is 0.407 e. The van der Waals surface area contributed by atoms with E-state index in [4.69, 9.17) is 5.11 Å². The second-order valence-electron chi connectivity index (χ2n) is 4.83. The lowest BCUT2D eigenvalue weighted by atomic mass is 9.89. The van der Waals surface area contributed by atoms with E-state index in [0.29, 0.717) is 0 Å². The van der Waals surface area contributed by atoms with Crippen molar-refractivity contribution in [2.75, 3.05) is 12.4 Å². The van der Waals surface area contributed by atoms with Crippen molar-refractivity contribution in [3.8, 4) is 0 Å². The average Bonchev–Trinajstić information content (AvgIpc) is 2.41. The quantitative estimate of drug-likeness (QED) is 0.883. The molecule has 0 radical (unpaired) electrons. The number of aromatic nitrogens is 1. The van der Waals surface area contributed by atoms with Gasteiger partial charge < -0.3 is 15.3 Å². The lowest BCUT2D eigenvalue weighted by molar-refractivity contribution is 0.122. The number of halogens is 1. The van der Waals surface area contributed by atoms with E-state index in [1.807, 2.05) is 0 Å². The molecule has 104 valence electrons. The first-order valence-electron chi connectivity index (χ1n) is 6.42. The van der Waals surface area contributed by atoms with E-state index in [9.17, 15) is 9.18 Å². The summed E-state index contributed by atoms with van der Waals surface area (Å²) in [6.45, 7) is 0. The largest absolute Gasteiger partial charge is 0.465 e.